The smallest absolute Gasteiger partial charge is 0.297 e. The summed E-state index contributed by atoms with van der Waals surface area (Å²) >= 11 is 0. The van der Waals surface area contributed by atoms with Crippen molar-refractivity contribution >= 4 is 17.6 Å². The maximum absolute atomic E-state index is 13.0. The Morgan fingerprint density at radius 2 is 1.62 bits per heavy atom. The van der Waals surface area contributed by atoms with Crippen LogP contribution in [0.1, 0.15) is 25.1 Å². The van der Waals surface area contributed by atoms with Crippen LogP contribution >= 0.6 is 0 Å². The molecule has 0 aliphatic carbocycles. The molecule has 1 aliphatic heterocycles. The minimum atomic E-state index is -0.118. The Bertz CT molecular complexity index is 1180. The first-order valence-corrected chi connectivity index (χ1v) is 9.76. The van der Waals surface area contributed by atoms with Crippen LogP contribution in [0.15, 0.2) is 76.2 Å². The molecule has 5 nitrogen and oxygen atoms in total. The number of rotatable bonds is 3. The number of fused-ring (bicyclic) bond motifs is 1. The third-order valence-corrected chi connectivity index (χ3v) is 5.90. The highest BCUT2D eigenvalue weighted by Gasteiger charge is 2.37. The zero-order chi connectivity index (χ0) is 20.8. The molecule has 0 saturated carbocycles. The second kappa shape index (κ2) is 6.92. The highest BCUT2D eigenvalue weighted by Crippen LogP contribution is 2.46. The van der Waals surface area contributed by atoms with Crippen molar-refractivity contribution in [3.05, 3.63) is 88.0 Å². The van der Waals surface area contributed by atoms with Crippen molar-refractivity contribution in [2.24, 2.45) is 12.0 Å². The van der Waals surface area contributed by atoms with Gasteiger partial charge in [-0.25, -0.2) is 9.67 Å². The summed E-state index contributed by atoms with van der Waals surface area (Å²) in [5.74, 6) is 0. The number of hydrogen-bond acceptors (Lipinski definition) is 3. The van der Waals surface area contributed by atoms with E-state index in [1.165, 1.54) is 11.3 Å². The summed E-state index contributed by atoms with van der Waals surface area (Å²) in [7, 11) is 3.95. The van der Waals surface area contributed by atoms with Crippen molar-refractivity contribution in [3.63, 3.8) is 0 Å². The van der Waals surface area contributed by atoms with Crippen LogP contribution in [-0.2, 0) is 12.5 Å². The molecule has 2 heterocycles. The van der Waals surface area contributed by atoms with Crippen LogP contribution in [0.3, 0.4) is 0 Å². The zero-order valence-electron chi connectivity index (χ0n) is 17.5. The summed E-state index contributed by atoms with van der Waals surface area (Å²) in [6, 6.07) is 18.1. The summed E-state index contributed by atoms with van der Waals surface area (Å²) in [4.78, 5) is 19.8. The van der Waals surface area contributed by atoms with Crippen LogP contribution in [0.25, 0.3) is 5.69 Å². The number of aliphatic imine (C=N–C) groups is 1. The first-order chi connectivity index (χ1) is 13.8. The first kappa shape index (κ1) is 19.0. The second-order valence-corrected chi connectivity index (χ2v) is 7.94. The third kappa shape index (κ3) is 2.94. The van der Waals surface area contributed by atoms with E-state index < -0.39 is 0 Å². The lowest BCUT2D eigenvalue weighted by Gasteiger charge is -2.23. The molecule has 4 rings (SSSR count). The molecule has 0 spiro atoms. The van der Waals surface area contributed by atoms with Crippen LogP contribution in [0, 0.1) is 6.92 Å². The van der Waals surface area contributed by atoms with E-state index in [1.807, 2.05) is 55.1 Å². The first-order valence-electron chi connectivity index (χ1n) is 9.76. The maximum Gasteiger partial charge on any atom is 0.297 e. The van der Waals surface area contributed by atoms with E-state index in [2.05, 4.69) is 55.1 Å². The highest BCUT2D eigenvalue weighted by molar-refractivity contribution is 5.81. The zero-order valence-corrected chi connectivity index (χ0v) is 17.5. The van der Waals surface area contributed by atoms with E-state index in [9.17, 15) is 4.79 Å². The molecule has 0 atom stereocenters. The van der Waals surface area contributed by atoms with Gasteiger partial charge in [-0.05, 0) is 36.8 Å². The highest BCUT2D eigenvalue weighted by atomic mass is 16.1. The molecule has 148 valence electrons. The lowest BCUT2D eigenvalue weighted by atomic mass is 9.84. The molecule has 5 heteroatoms. The van der Waals surface area contributed by atoms with Crippen molar-refractivity contribution in [3.8, 4) is 5.69 Å². The molecule has 0 amide bonds. The quantitative estimate of drug-likeness (QED) is 0.622. The molecule has 0 unspecified atom stereocenters. The van der Waals surface area contributed by atoms with E-state index >= 15 is 0 Å². The summed E-state index contributed by atoms with van der Waals surface area (Å²) in [5, 5.41) is 0. The molecular weight excluding hydrogens is 360 g/mol. The van der Waals surface area contributed by atoms with E-state index in [4.69, 9.17) is 0 Å². The van der Waals surface area contributed by atoms with Gasteiger partial charge in [0.05, 0.1) is 11.4 Å². The van der Waals surface area contributed by atoms with Crippen LogP contribution in [0.2, 0.25) is 0 Å². The number of likely N-dealkylation sites (N-methyl/N-ethyl adjacent to an activating group) is 1. The molecule has 0 radical (unpaired) electrons. The Labute approximate surface area is 171 Å². The number of hydrogen-bond donors (Lipinski definition) is 0. The van der Waals surface area contributed by atoms with Gasteiger partial charge in [-0.15, -0.1) is 0 Å². The lowest BCUT2D eigenvalue weighted by Crippen LogP contribution is -2.23. The van der Waals surface area contributed by atoms with E-state index in [0.29, 0.717) is 5.69 Å². The van der Waals surface area contributed by atoms with Crippen LogP contribution in [-0.4, -0.2) is 22.6 Å². The van der Waals surface area contributed by atoms with Crippen molar-refractivity contribution in [1.29, 1.82) is 0 Å². The molecule has 0 fully saturated rings. The average molecular weight is 386 g/mol. The molecule has 0 N–H and O–H groups in total. The molecule has 2 aromatic carbocycles. The Hall–Kier alpha value is -3.34. The van der Waals surface area contributed by atoms with Gasteiger partial charge in [-0.3, -0.25) is 9.48 Å². The van der Waals surface area contributed by atoms with Gasteiger partial charge in [-0.1, -0.05) is 50.2 Å². The fourth-order valence-corrected chi connectivity index (χ4v) is 4.19. The molecule has 1 aliphatic rings. The Morgan fingerprint density at radius 1 is 0.966 bits per heavy atom. The molecule has 1 aromatic heterocycles. The van der Waals surface area contributed by atoms with Gasteiger partial charge in [0.1, 0.15) is 0 Å². The molecule has 0 saturated heterocycles. The van der Waals surface area contributed by atoms with Crippen molar-refractivity contribution < 1.29 is 0 Å². The third-order valence-electron chi connectivity index (χ3n) is 5.90. The fourth-order valence-electron chi connectivity index (χ4n) is 4.19. The van der Waals surface area contributed by atoms with Gasteiger partial charge in [0.25, 0.3) is 5.56 Å². The number of allylic oxidation sites excluding steroid dienone is 2. The van der Waals surface area contributed by atoms with E-state index in [-0.39, 0.29) is 11.0 Å². The van der Waals surface area contributed by atoms with Gasteiger partial charge in [0.2, 0.25) is 0 Å². The molecule has 0 bridgehead atoms. The summed E-state index contributed by atoms with van der Waals surface area (Å²) < 4.78 is 3.50. The van der Waals surface area contributed by atoms with Crippen molar-refractivity contribution in [2.45, 2.75) is 26.2 Å². The predicted octanol–water partition coefficient (Wildman–Crippen LogP) is 4.50. The Balaban J connectivity index is 1.72. The SMILES string of the molecule is Cc1c(N=C/C=C2/N(C)c3ccccc3C2(C)C)c(=O)n(-c2ccccc2)n1C. The summed E-state index contributed by atoms with van der Waals surface area (Å²) in [6.07, 6.45) is 3.76. The van der Waals surface area contributed by atoms with Gasteiger partial charge in [-0.2, -0.15) is 0 Å². The minimum Gasteiger partial charge on any atom is -0.347 e. The monoisotopic (exact) mass is 386 g/mol. The van der Waals surface area contributed by atoms with Crippen LogP contribution in [0.5, 0.6) is 0 Å². The number of anilines is 1. The Kier molecular flexibility index (Phi) is 4.53. The van der Waals surface area contributed by atoms with Gasteiger partial charge >= 0.3 is 0 Å². The standard InChI is InChI=1S/C24H26N4O/c1-17-22(23(29)28(27(17)5)18-11-7-6-8-12-18)25-16-15-21-24(2,3)19-13-9-10-14-20(19)26(21)4/h6-16H,1-5H3/b21-15+,25-16?. The summed E-state index contributed by atoms with van der Waals surface area (Å²) in [5.41, 5.74) is 5.54. The topological polar surface area (TPSA) is 42.5 Å². The molecule has 29 heavy (non-hydrogen) atoms. The fraction of sp³-hybridized carbons (Fsp3) is 0.250. The van der Waals surface area contributed by atoms with Crippen molar-refractivity contribution in [2.75, 3.05) is 11.9 Å². The number of nitrogens with zero attached hydrogens (tertiary/aromatic N) is 4. The lowest BCUT2D eigenvalue weighted by molar-refractivity contribution is 0.630. The average Bonchev–Trinajstić information content (AvgIpc) is 3.05. The number of para-hydroxylation sites is 2. The largest absolute Gasteiger partial charge is 0.347 e. The van der Waals surface area contributed by atoms with Crippen LogP contribution < -0.4 is 10.5 Å². The second-order valence-electron chi connectivity index (χ2n) is 7.94. The maximum atomic E-state index is 13.0. The summed E-state index contributed by atoms with van der Waals surface area (Å²) in [6.45, 7) is 6.35. The number of benzene rings is 2. The Morgan fingerprint density at radius 3 is 2.31 bits per heavy atom. The van der Waals surface area contributed by atoms with Gasteiger partial charge in [0.15, 0.2) is 5.69 Å². The predicted molar refractivity (Wildman–Crippen MR) is 120 cm³/mol. The van der Waals surface area contributed by atoms with Gasteiger partial charge < -0.3 is 4.90 Å². The molecular formula is C24H26N4O. The normalized spacial score (nSPS) is 16.7. The van der Waals surface area contributed by atoms with Crippen LogP contribution in [0.4, 0.5) is 11.4 Å². The van der Waals surface area contributed by atoms with Gasteiger partial charge in [0, 0.05) is 37.1 Å². The van der Waals surface area contributed by atoms with E-state index in [1.54, 1.807) is 10.9 Å². The number of aromatic nitrogens is 2. The van der Waals surface area contributed by atoms with E-state index in [0.717, 1.165) is 17.1 Å². The van der Waals surface area contributed by atoms with Crippen molar-refractivity contribution in [1.82, 2.24) is 9.36 Å². The molecule has 3 aromatic rings. The minimum absolute atomic E-state index is 0.117.